The number of rotatable bonds is 5. The highest BCUT2D eigenvalue weighted by Crippen LogP contribution is 2.23. The zero-order valence-corrected chi connectivity index (χ0v) is 17.8. The van der Waals surface area contributed by atoms with Crippen molar-refractivity contribution in [2.24, 2.45) is 11.0 Å². The molecule has 0 unspecified atom stereocenters. The van der Waals surface area contributed by atoms with Crippen LogP contribution in [0, 0.1) is 24.2 Å². The molecule has 1 aliphatic carbocycles. The summed E-state index contributed by atoms with van der Waals surface area (Å²) in [6.07, 6.45) is 12.6. The van der Waals surface area contributed by atoms with E-state index in [0.29, 0.717) is 6.42 Å². The maximum Gasteiger partial charge on any atom is 0.276 e. The van der Waals surface area contributed by atoms with E-state index in [0.717, 1.165) is 49.8 Å². The first-order valence-electron chi connectivity index (χ1n) is 10.5. The highest BCUT2D eigenvalue weighted by molar-refractivity contribution is 7.89. The van der Waals surface area contributed by atoms with Gasteiger partial charge < -0.3 is 0 Å². The molecule has 2 rings (SSSR count). The lowest BCUT2D eigenvalue weighted by atomic mass is 9.88. The van der Waals surface area contributed by atoms with Gasteiger partial charge >= 0.3 is 0 Å². The van der Waals surface area contributed by atoms with E-state index in [-0.39, 0.29) is 10.8 Å². The van der Waals surface area contributed by atoms with E-state index in [1.54, 1.807) is 24.3 Å². The van der Waals surface area contributed by atoms with Crippen molar-refractivity contribution >= 4 is 15.7 Å². The third kappa shape index (κ3) is 7.63. The van der Waals surface area contributed by atoms with Gasteiger partial charge in [-0.1, -0.05) is 62.6 Å². The second-order valence-corrected chi connectivity index (χ2v) is 9.43. The molecule has 154 valence electrons. The average Bonchev–Trinajstić information content (AvgIpc) is 2.67. The molecule has 1 aliphatic rings. The van der Waals surface area contributed by atoms with E-state index < -0.39 is 10.0 Å². The molecular weight excluding hydrogens is 370 g/mol. The summed E-state index contributed by atoms with van der Waals surface area (Å²) in [6, 6.07) is 9.01. The summed E-state index contributed by atoms with van der Waals surface area (Å²) in [5.41, 5.74) is 1.92. The predicted molar refractivity (Wildman–Crippen MR) is 113 cm³/mol. The molecule has 0 saturated heterocycles. The van der Waals surface area contributed by atoms with Crippen LogP contribution in [-0.4, -0.2) is 14.1 Å². The zero-order valence-electron chi connectivity index (χ0n) is 17.0. The van der Waals surface area contributed by atoms with E-state index >= 15 is 0 Å². The number of nitriles is 1. The molecule has 1 N–H and O–H groups in total. The highest BCUT2D eigenvalue weighted by Gasteiger charge is 2.19. The molecule has 0 bridgehead atoms. The Morgan fingerprint density at radius 2 is 1.64 bits per heavy atom. The van der Waals surface area contributed by atoms with Crippen molar-refractivity contribution in [3.8, 4) is 6.07 Å². The Hall–Kier alpha value is -1.87. The Bertz CT molecular complexity index is 764. The highest BCUT2D eigenvalue weighted by atomic mass is 32.2. The number of aryl methyl sites for hydroxylation is 1. The van der Waals surface area contributed by atoms with E-state index in [4.69, 9.17) is 5.26 Å². The summed E-state index contributed by atoms with van der Waals surface area (Å²) < 4.78 is 25.2. The number of hydrogen-bond donors (Lipinski definition) is 1. The van der Waals surface area contributed by atoms with Crippen molar-refractivity contribution in [2.75, 3.05) is 0 Å². The van der Waals surface area contributed by atoms with Gasteiger partial charge in [0, 0.05) is 18.1 Å². The molecule has 0 aliphatic heterocycles. The first kappa shape index (κ1) is 22.4. The molecule has 1 aromatic carbocycles. The monoisotopic (exact) mass is 403 g/mol. The lowest BCUT2D eigenvalue weighted by Gasteiger charge is -2.19. The Labute approximate surface area is 170 Å². The molecule has 1 atom stereocenters. The fourth-order valence-electron chi connectivity index (χ4n) is 3.71. The molecule has 0 heterocycles. The molecular formula is C22H33N3O2S. The summed E-state index contributed by atoms with van der Waals surface area (Å²) in [7, 11) is -3.67. The summed E-state index contributed by atoms with van der Waals surface area (Å²) in [4.78, 5) is 2.69. The van der Waals surface area contributed by atoms with Crippen LogP contribution in [0.3, 0.4) is 0 Å². The molecule has 5 nitrogen and oxygen atoms in total. The van der Waals surface area contributed by atoms with Gasteiger partial charge in [0.25, 0.3) is 10.0 Å². The van der Waals surface area contributed by atoms with Gasteiger partial charge in [0.2, 0.25) is 0 Å². The zero-order chi connectivity index (χ0) is 20.2. The minimum absolute atomic E-state index is 0.180. The van der Waals surface area contributed by atoms with Gasteiger partial charge in [-0.3, -0.25) is 0 Å². The second kappa shape index (κ2) is 11.9. The normalized spacial score (nSPS) is 21.3. The maximum atomic E-state index is 12.6. The van der Waals surface area contributed by atoms with Gasteiger partial charge in [0.05, 0.1) is 11.0 Å². The van der Waals surface area contributed by atoms with E-state index in [1.165, 1.54) is 32.1 Å². The van der Waals surface area contributed by atoms with Gasteiger partial charge in [-0.2, -0.15) is 18.8 Å². The van der Waals surface area contributed by atoms with Crippen molar-refractivity contribution < 1.29 is 8.42 Å². The minimum Gasteiger partial charge on any atom is -0.200 e. The molecule has 0 aromatic heterocycles. The van der Waals surface area contributed by atoms with Crippen LogP contribution in [0.25, 0.3) is 0 Å². The third-order valence-corrected chi connectivity index (χ3v) is 6.68. The standard InChI is InChI=1S/C22H33N3O2S/c1-19-14-16-21(17-15-19)28(26,27)25-24-22-13-9-7-5-3-2-4-6-8-11-20(22)12-10-18-23/h14-17,20,25H,2-13H2,1H3/b24-22+/t20-/m0/s1. The molecule has 1 aromatic rings. The van der Waals surface area contributed by atoms with Gasteiger partial charge in [0.15, 0.2) is 0 Å². The van der Waals surface area contributed by atoms with Gasteiger partial charge in [0.1, 0.15) is 0 Å². The molecule has 0 radical (unpaired) electrons. The van der Waals surface area contributed by atoms with Crippen LogP contribution in [0.5, 0.6) is 0 Å². The third-order valence-electron chi connectivity index (χ3n) is 5.45. The number of hydrazone groups is 1. The number of nitrogens with zero attached hydrogens (tertiary/aromatic N) is 2. The van der Waals surface area contributed by atoms with E-state index in [9.17, 15) is 8.42 Å². The van der Waals surface area contributed by atoms with E-state index in [1.807, 2.05) is 6.92 Å². The lowest BCUT2D eigenvalue weighted by molar-refractivity contribution is 0.493. The van der Waals surface area contributed by atoms with Crippen LogP contribution in [0.4, 0.5) is 0 Å². The van der Waals surface area contributed by atoms with Crippen LogP contribution < -0.4 is 4.83 Å². The molecule has 0 amide bonds. The minimum atomic E-state index is -3.67. The predicted octanol–water partition coefficient (Wildman–Crippen LogP) is 5.46. The Morgan fingerprint density at radius 1 is 1.04 bits per heavy atom. The fourth-order valence-corrected chi connectivity index (χ4v) is 4.55. The average molecular weight is 404 g/mol. The molecule has 0 spiro atoms. The van der Waals surface area contributed by atoms with Crippen LogP contribution in [0.15, 0.2) is 34.3 Å². The van der Waals surface area contributed by atoms with Gasteiger partial charge in [-0.15, -0.1) is 0 Å². The number of nitrogens with one attached hydrogen (secondary N) is 1. The smallest absolute Gasteiger partial charge is 0.200 e. The number of benzene rings is 1. The summed E-state index contributed by atoms with van der Waals surface area (Å²) in [5.74, 6) is 0.180. The lowest BCUT2D eigenvalue weighted by Crippen LogP contribution is -2.24. The van der Waals surface area contributed by atoms with Crippen LogP contribution in [0.1, 0.15) is 82.6 Å². The summed E-state index contributed by atoms with van der Waals surface area (Å²) in [5, 5.41) is 13.4. The molecule has 6 heteroatoms. The van der Waals surface area contributed by atoms with Gasteiger partial charge in [-0.05, 0) is 44.7 Å². The van der Waals surface area contributed by atoms with Crippen molar-refractivity contribution in [3.05, 3.63) is 29.8 Å². The Kier molecular flexibility index (Phi) is 9.49. The number of sulfonamides is 1. The first-order valence-corrected chi connectivity index (χ1v) is 12.0. The second-order valence-electron chi connectivity index (χ2n) is 7.77. The largest absolute Gasteiger partial charge is 0.276 e. The van der Waals surface area contributed by atoms with Crippen LogP contribution in [-0.2, 0) is 10.0 Å². The van der Waals surface area contributed by atoms with Crippen molar-refractivity contribution in [3.63, 3.8) is 0 Å². The molecule has 1 saturated carbocycles. The van der Waals surface area contributed by atoms with Crippen molar-refractivity contribution in [1.82, 2.24) is 4.83 Å². The van der Waals surface area contributed by atoms with Crippen molar-refractivity contribution in [2.45, 2.75) is 88.9 Å². The van der Waals surface area contributed by atoms with Crippen molar-refractivity contribution in [1.29, 1.82) is 5.26 Å². The Balaban J connectivity index is 2.16. The van der Waals surface area contributed by atoms with Crippen LogP contribution in [0.2, 0.25) is 0 Å². The van der Waals surface area contributed by atoms with E-state index in [2.05, 4.69) is 16.0 Å². The summed E-state index contributed by atoms with van der Waals surface area (Å²) >= 11 is 0. The molecule has 1 fully saturated rings. The van der Waals surface area contributed by atoms with Crippen LogP contribution >= 0.6 is 0 Å². The maximum absolute atomic E-state index is 12.6. The summed E-state index contributed by atoms with van der Waals surface area (Å²) in [6.45, 7) is 1.93. The quantitative estimate of drug-likeness (QED) is 0.662. The Morgan fingerprint density at radius 3 is 2.29 bits per heavy atom. The van der Waals surface area contributed by atoms with Gasteiger partial charge in [-0.25, -0.2) is 4.83 Å². The topological polar surface area (TPSA) is 82.3 Å². The SMILES string of the molecule is Cc1ccc(S(=O)(=O)N/N=C2\CCCCCCCCCC[C@H]2CCC#N)cc1. The molecule has 28 heavy (non-hydrogen) atoms. The number of hydrogen-bond acceptors (Lipinski definition) is 4. The fraction of sp³-hybridized carbons (Fsp3) is 0.636. The first-order chi connectivity index (χ1) is 13.5.